The van der Waals surface area contributed by atoms with Crippen LogP contribution >= 0.6 is 15.9 Å². The minimum Gasteiger partial charge on any atom is -0.346 e. The van der Waals surface area contributed by atoms with Crippen LogP contribution in [-0.4, -0.2) is 23.3 Å². The second-order valence-corrected chi connectivity index (χ2v) is 10.7. The molecule has 0 radical (unpaired) electrons. The maximum Gasteiger partial charge on any atom is 0.243 e. The van der Waals surface area contributed by atoms with E-state index in [1.165, 1.54) is 12.0 Å². The van der Waals surface area contributed by atoms with E-state index >= 15 is 0 Å². The molecule has 1 saturated carbocycles. The zero-order valence-corrected chi connectivity index (χ0v) is 19.4. The van der Waals surface area contributed by atoms with Gasteiger partial charge in [-0.2, -0.15) is 4.31 Å². The molecular formula is C24H27BrN2O2S. The van der Waals surface area contributed by atoms with Crippen LogP contribution in [0.1, 0.15) is 43.4 Å². The van der Waals surface area contributed by atoms with E-state index < -0.39 is 10.0 Å². The summed E-state index contributed by atoms with van der Waals surface area (Å²) in [6.07, 6.45) is 7.25. The average Bonchev–Trinajstić information content (AvgIpc) is 3.20. The predicted molar refractivity (Wildman–Crippen MR) is 124 cm³/mol. The van der Waals surface area contributed by atoms with Gasteiger partial charge >= 0.3 is 0 Å². The first-order chi connectivity index (χ1) is 14.5. The molecule has 1 aliphatic carbocycles. The van der Waals surface area contributed by atoms with Gasteiger partial charge in [0.15, 0.2) is 0 Å². The van der Waals surface area contributed by atoms with Gasteiger partial charge in [0.1, 0.15) is 0 Å². The first kappa shape index (κ1) is 21.3. The molecule has 0 N–H and O–H groups in total. The molecule has 0 unspecified atom stereocenters. The van der Waals surface area contributed by atoms with Crippen LogP contribution in [0, 0.1) is 0 Å². The third kappa shape index (κ3) is 4.88. The highest BCUT2D eigenvalue weighted by Crippen LogP contribution is 2.30. The summed E-state index contributed by atoms with van der Waals surface area (Å²) < 4.78 is 32.1. The van der Waals surface area contributed by atoms with Crippen LogP contribution in [0.3, 0.4) is 0 Å². The van der Waals surface area contributed by atoms with E-state index in [0.717, 1.165) is 42.4 Å². The smallest absolute Gasteiger partial charge is 0.243 e. The van der Waals surface area contributed by atoms with Crippen molar-refractivity contribution in [1.29, 1.82) is 0 Å². The molecule has 1 aromatic heterocycles. The summed E-state index contributed by atoms with van der Waals surface area (Å²) in [5.74, 6) is 0. The van der Waals surface area contributed by atoms with Gasteiger partial charge in [0.25, 0.3) is 0 Å². The number of nitrogens with zero attached hydrogens (tertiary/aromatic N) is 2. The Hall–Kier alpha value is -1.89. The van der Waals surface area contributed by atoms with Crippen LogP contribution in [0.5, 0.6) is 0 Å². The minimum atomic E-state index is -3.58. The van der Waals surface area contributed by atoms with Gasteiger partial charge in [0, 0.05) is 29.0 Å². The van der Waals surface area contributed by atoms with Crippen molar-refractivity contribution in [3.63, 3.8) is 0 Å². The van der Waals surface area contributed by atoms with Crippen molar-refractivity contribution in [2.45, 2.75) is 56.1 Å². The molecule has 0 saturated heterocycles. The van der Waals surface area contributed by atoms with E-state index in [0.29, 0.717) is 11.4 Å². The molecule has 158 valence electrons. The van der Waals surface area contributed by atoms with Crippen molar-refractivity contribution < 1.29 is 8.42 Å². The second kappa shape index (κ2) is 9.50. The van der Waals surface area contributed by atoms with E-state index in [9.17, 15) is 8.42 Å². The minimum absolute atomic E-state index is 0.0486. The standard InChI is InChI=1S/C24H27BrN2O2S/c25-21-13-15-24(16-14-21)30(28,29)27(22-10-5-2-6-11-22)19-23-12-7-17-26(23)18-20-8-3-1-4-9-20/h1,3-4,7-9,12-17,22H,2,5-6,10-11,18-19H2. The van der Waals surface area contributed by atoms with Gasteiger partial charge in [-0.3, -0.25) is 0 Å². The lowest BCUT2D eigenvalue weighted by Crippen LogP contribution is -2.41. The van der Waals surface area contributed by atoms with Crippen LogP contribution in [0.25, 0.3) is 0 Å². The van der Waals surface area contributed by atoms with E-state index in [2.05, 4.69) is 32.6 Å². The molecule has 4 nitrogen and oxygen atoms in total. The maximum absolute atomic E-state index is 13.6. The van der Waals surface area contributed by atoms with Gasteiger partial charge in [0.2, 0.25) is 10.0 Å². The Kier molecular flexibility index (Phi) is 6.76. The fourth-order valence-corrected chi connectivity index (χ4v) is 6.13. The Labute approximate surface area is 187 Å². The van der Waals surface area contributed by atoms with E-state index in [1.54, 1.807) is 28.6 Å². The molecule has 3 aromatic rings. The SMILES string of the molecule is O=S(=O)(c1ccc(Br)cc1)N(Cc1cccn1Cc1ccccc1)C1CCCCC1. The van der Waals surface area contributed by atoms with E-state index in [4.69, 9.17) is 0 Å². The van der Waals surface area contributed by atoms with Crippen LogP contribution in [0.15, 0.2) is 82.3 Å². The number of sulfonamides is 1. The number of rotatable bonds is 7. The number of hydrogen-bond acceptors (Lipinski definition) is 2. The summed E-state index contributed by atoms with van der Waals surface area (Å²) in [6, 6.07) is 21.3. The molecule has 1 aliphatic rings. The quantitative estimate of drug-likeness (QED) is 0.421. The Morgan fingerprint density at radius 2 is 1.60 bits per heavy atom. The number of aromatic nitrogens is 1. The Morgan fingerprint density at radius 1 is 0.900 bits per heavy atom. The highest BCUT2D eigenvalue weighted by molar-refractivity contribution is 9.10. The molecule has 1 fully saturated rings. The Morgan fingerprint density at radius 3 is 2.30 bits per heavy atom. The molecule has 0 spiro atoms. The lowest BCUT2D eigenvalue weighted by atomic mass is 9.95. The summed E-state index contributed by atoms with van der Waals surface area (Å²) in [4.78, 5) is 0.359. The van der Waals surface area contributed by atoms with E-state index in [1.807, 2.05) is 36.5 Å². The Balaban J connectivity index is 1.64. The first-order valence-electron chi connectivity index (χ1n) is 10.5. The largest absolute Gasteiger partial charge is 0.346 e. The van der Waals surface area contributed by atoms with Crippen LogP contribution in [-0.2, 0) is 23.1 Å². The highest BCUT2D eigenvalue weighted by Gasteiger charge is 2.33. The third-order valence-electron chi connectivity index (χ3n) is 5.84. The molecule has 30 heavy (non-hydrogen) atoms. The third-order valence-corrected chi connectivity index (χ3v) is 8.28. The van der Waals surface area contributed by atoms with Crippen LogP contribution in [0.2, 0.25) is 0 Å². The van der Waals surface area contributed by atoms with E-state index in [-0.39, 0.29) is 6.04 Å². The van der Waals surface area contributed by atoms with Gasteiger partial charge in [-0.05, 0) is 54.8 Å². The molecule has 0 atom stereocenters. The normalized spacial score (nSPS) is 15.5. The molecule has 0 bridgehead atoms. The molecule has 0 amide bonds. The summed E-state index contributed by atoms with van der Waals surface area (Å²) in [6.45, 7) is 1.13. The number of halogens is 1. The monoisotopic (exact) mass is 486 g/mol. The summed E-state index contributed by atoms with van der Waals surface area (Å²) in [5, 5.41) is 0. The fraction of sp³-hybridized carbons (Fsp3) is 0.333. The maximum atomic E-state index is 13.6. The number of hydrogen-bond donors (Lipinski definition) is 0. The molecule has 2 aromatic carbocycles. The topological polar surface area (TPSA) is 42.3 Å². The first-order valence-corrected chi connectivity index (χ1v) is 12.7. The zero-order valence-electron chi connectivity index (χ0n) is 17.0. The second-order valence-electron chi connectivity index (χ2n) is 7.91. The summed E-state index contributed by atoms with van der Waals surface area (Å²) in [5.41, 5.74) is 2.22. The molecule has 4 rings (SSSR count). The van der Waals surface area contributed by atoms with Gasteiger partial charge < -0.3 is 4.57 Å². The fourth-order valence-electron chi connectivity index (χ4n) is 4.21. The molecule has 6 heteroatoms. The van der Waals surface area contributed by atoms with Gasteiger partial charge in [-0.25, -0.2) is 8.42 Å². The molecular weight excluding hydrogens is 460 g/mol. The van der Waals surface area contributed by atoms with Crippen LogP contribution < -0.4 is 0 Å². The van der Waals surface area contributed by atoms with Crippen molar-refractivity contribution in [3.8, 4) is 0 Å². The number of benzene rings is 2. The van der Waals surface area contributed by atoms with Crippen molar-refractivity contribution in [1.82, 2.24) is 8.87 Å². The van der Waals surface area contributed by atoms with Gasteiger partial charge in [-0.1, -0.05) is 65.5 Å². The molecule has 1 heterocycles. The van der Waals surface area contributed by atoms with Crippen molar-refractivity contribution >= 4 is 26.0 Å². The summed E-state index contributed by atoms with van der Waals surface area (Å²) >= 11 is 3.40. The van der Waals surface area contributed by atoms with Gasteiger partial charge in [-0.15, -0.1) is 0 Å². The zero-order chi connectivity index (χ0) is 21.0. The average molecular weight is 487 g/mol. The Bertz CT molecular complexity index is 1060. The van der Waals surface area contributed by atoms with Crippen molar-refractivity contribution in [3.05, 3.63) is 88.7 Å². The molecule has 0 aliphatic heterocycles. The lowest BCUT2D eigenvalue weighted by Gasteiger charge is -2.33. The van der Waals surface area contributed by atoms with Crippen molar-refractivity contribution in [2.24, 2.45) is 0 Å². The lowest BCUT2D eigenvalue weighted by molar-refractivity contribution is 0.244. The van der Waals surface area contributed by atoms with Crippen molar-refractivity contribution in [2.75, 3.05) is 0 Å². The highest BCUT2D eigenvalue weighted by atomic mass is 79.9. The summed E-state index contributed by atoms with van der Waals surface area (Å²) in [7, 11) is -3.58. The predicted octanol–water partition coefficient (Wildman–Crippen LogP) is 5.82. The van der Waals surface area contributed by atoms with Gasteiger partial charge in [0.05, 0.1) is 11.4 Å². The van der Waals surface area contributed by atoms with Crippen LogP contribution in [0.4, 0.5) is 0 Å².